The van der Waals surface area contributed by atoms with Crippen molar-refractivity contribution in [3.8, 4) is 0 Å². The van der Waals surface area contributed by atoms with Crippen molar-refractivity contribution in [2.75, 3.05) is 6.54 Å². The summed E-state index contributed by atoms with van der Waals surface area (Å²) in [4.78, 5) is 34.0. The van der Waals surface area contributed by atoms with Gasteiger partial charge >= 0.3 is 12.0 Å². The molecule has 3 amide bonds. The number of carbonyl (C=O) groups excluding carboxylic acids is 2. The lowest BCUT2D eigenvalue weighted by molar-refractivity contribution is -0.142. The number of hydrogen-bond donors (Lipinski definition) is 4. The van der Waals surface area contributed by atoms with Crippen LogP contribution in [0.4, 0.5) is 4.79 Å². The molecule has 5 N–H and O–H groups in total. The molecule has 0 fully saturated rings. The summed E-state index contributed by atoms with van der Waals surface area (Å²) in [5.74, 6) is -1.56. The lowest BCUT2D eigenvalue weighted by Crippen LogP contribution is -2.42. The molecule has 134 valence electrons. The van der Waals surface area contributed by atoms with Crippen LogP contribution in [0.15, 0.2) is 30.5 Å². The Morgan fingerprint density at radius 1 is 1.28 bits per heavy atom. The highest BCUT2D eigenvalue weighted by atomic mass is 35.5. The Morgan fingerprint density at radius 3 is 2.72 bits per heavy atom. The highest BCUT2D eigenvalue weighted by Crippen LogP contribution is 2.20. The van der Waals surface area contributed by atoms with Crippen LogP contribution in [0.25, 0.3) is 10.9 Å². The van der Waals surface area contributed by atoms with Gasteiger partial charge in [-0.05, 0) is 36.4 Å². The third-order valence-corrected chi connectivity index (χ3v) is 3.89. The predicted octanol–water partition coefficient (Wildman–Crippen LogP) is 1.31. The van der Waals surface area contributed by atoms with E-state index in [2.05, 4.69) is 10.6 Å². The van der Waals surface area contributed by atoms with Crippen LogP contribution in [0.1, 0.15) is 12.8 Å². The van der Waals surface area contributed by atoms with Crippen molar-refractivity contribution in [1.82, 2.24) is 15.2 Å². The number of halogens is 1. The molecule has 25 heavy (non-hydrogen) atoms. The third kappa shape index (κ3) is 5.39. The van der Waals surface area contributed by atoms with Crippen LogP contribution in [-0.4, -0.2) is 40.2 Å². The largest absolute Gasteiger partial charge is 0.480 e. The van der Waals surface area contributed by atoms with Gasteiger partial charge in [0.05, 0.1) is 0 Å². The summed E-state index contributed by atoms with van der Waals surface area (Å²) in [6.07, 6.45) is 2.30. The minimum absolute atomic E-state index is 0.0207. The first-order valence-corrected chi connectivity index (χ1v) is 8.04. The number of benzene rings is 1. The van der Waals surface area contributed by atoms with Gasteiger partial charge in [-0.2, -0.15) is 0 Å². The van der Waals surface area contributed by atoms with E-state index in [0.29, 0.717) is 11.4 Å². The van der Waals surface area contributed by atoms with Gasteiger partial charge in [-0.1, -0.05) is 17.7 Å². The Balaban J connectivity index is 1.94. The highest BCUT2D eigenvalue weighted by molar-refractivity contribution is 6.31. The molecule has 2 rings (SSSR count). The molecule has 1 heterocycles. The molecule has 0 spiro atoms. The molecule has 0 radical (unpaired) electrons. The number of fused-ring (bicyclic) bond motifs is 1. The first kappa shape index (κ1) is 18.6. The van der Waals surface area contributed by atoms with Gasteiger partial charge in [0.2, 0.25) is 5.91 Å². The summed E-state index contributed by atoms with van der Waals surface area (Å²) in [5.41, 5.74) is 5.73. The maximum absolute atomic E-state index is 12.2. The summed E-state index contributed by atoms with van der Waals surface area (Å²) in [6.45, 7) is 0.225. The van der Waals surface area contributed by atoms with E-state index in [1.165, 1.54) is 0 Å². The van der Waals surface area contributed by atoms with Crippen LogP contribution in [0.2, 0.25) is 5.02 Å². The lowest BCUT2D eigenvalue weighted by atomic mass is 10.1. The number of carboxylic acid groups (broad SMARTS) is 1. The molecule has 0 saturated heterocycles. The number of primary amides is 1. The molecule has 1 atom stereocenters. The van der Waals surface area contributed by atoms with Gasteiger partial charge in [0.15, 0.2) is 0 Å². The molecule has 0 saturated carbocycles. The Bertz CT molecular complexity index is 790. The van der Waals surface area contributed by atoms with E-state index in [0.717, 1.165) is 10.9 Å². The predicted molar refractivity (Wildman–Crippen MR) is 93.3 cm³/mol. The fourth-order valence-corrected chi connectivity index (χ4v) is 2.63. The van der Waals surface area contributed by atoms with E-state index < -0.39 is 23.9 Å². The highest BCUT2D eigenvalue weighted by Gasteiger charge is 2.19. The standard InChI is InChI=1S/C16H19ClN4O4/c17-11-4-3-10-5-7-21(13(10)8-11)9-14(22)20-12(15(23)24)2-1-6-19-16(18)25/h3-5,7-8,12H,1-2,6,9H2,(H,20,22)(H,23,24)(H3,18,19,25)/t12-/m1/s1. The van der Waals surface area contributed by atoms with Gasteiger partial charge < -0.3 is 26.0 Å². The third-order valence-electron chi connectivity index (χ3n) is 3.65. The van der Waals surface area contributed by atoms with Gasteiger partial charge in [0.25, 0.3) is 0 Å². The van der Waals surface area contributed by atoms with Crippen LogP contribution >= 0.6 is 11.6 Å². The fourth-order valence-electron chi connectivity index (χ4n) is 2.46. The van der Waals surface area contributed by atoms with Gasteiger partial charge in [0.1, 0.15) is 12.6 Å². The molecule has 0 aliphatic rings. The number of nitrogens with one attached hydrogen (secondary N) is 2. The summed E-state index contributed by atoms with van der Waals surface area (Å²) >= 11 is 5.97. The minimum Gasteiger partial charge on any atom is -0.480 e. The lowest BCUT2D eigenvalue weighted by Gasteiger charge is -2.15. The van der Waals surface area contributed by atoms with E-state index in [-0.39, 0.29) is 19.5 Å². The van der Waals surface area contributed by atoms with Crippen LogP contribution in [0.3, 0.4) is 0 Å². The Morgan fingerprint density at radius 2 is 2.04 bits per heavy atom. The summed E-state index contributed by atoms with van der Waals surface area (Å²) in [5, 5.41) is 15.6. The number of carboxylic acids is 1. The van der Waals surface area contributed by atoms with Crippen molar-refractivity contribution in [1.29, 1.82) is 0 Å². The molecule has 0 aliphatic carbocycles. The first-order valence-electron chi connectivity index (χ1n) is 7.66. The van der Waals surface area contributed by atoms with E-state index in [9.17, 15) is 19.5 Å². The maximum atomic E-state index is 12.2. The number of aliphatic carboxylic acids is 1. The molecule has 2 aromatic rings. The second-order valence-electron chi connectivity index (χ2n) is 5.54. The average molecular weight is 367 g/mol. The normalized spacial score (nSPS) is 11.9. The monoisotopic (exact) mass is 366 g/mol. The van der Waals surface area contributed by atoms with Gasteiger partial charge in [-0.15, -0.1) is 0 Å². The second-order valence-corrected chi connectivity index (χ2v) is 5.97. The molecular weight excluding hydrogens is 348 g/mol. The van der Waals surface area contributed by atoms with Crippen molar-refractivity contribution in [2.24, 2.45) is 5.73 Å². The van der Waals surface area contributed by atoms with Crippen molar-refractivity contribution < 1.29 is 19.5 Å². The number of aromatic nitrogens is 1. The molecule has 1 aromatic heterocycles. The zero-order valence-electron chi connectivity index (χ0n) is 13.4. The van der Waals surface area contributed by atoms with Gasteiger partial charge in [-0.25, -0.2) is 9.59 Å². The Hall–Kier alpha value is -2.74. The number of carbonyl (C=O) groups is 3. The van der Waals surface area contributed by atoms with E-state index in [4.69, 9.17) is 17.3 Å². The summed E-state index contributed by atoms with van der Waals surface area (Å²) in [7, 11) is 0. The van der Waals surface area contributed by atoms with Gasteiger partial charge in [0, 0.05) is 23.3 Å². The SMILES string of the molecule is NC(=O)NCCC[C@@H](NC(=O)Cn1ccc2ccc(Cl)cc21)C(=O)O. The molecule has 8 nitrogen and oxygen atoms in total. The molecule has 1 aromatic carbocycles. The van der Waals surface area contributed by atoms with Crippen LogP contribution < -0.4 is 16.4 Å². The second kappa shape index (κ2) is 8.39. The van der Waals surface area contributed by atoms with Crippen molar-refractivity contribution in [3.05, 3.63) is 35.5 Å². The van der Waals surface area contributed by atoms with Crippen LogP contribution in [0.5, 0.6) is 0 Å². The number of urea groups is 1. The molecule has 9 heteroatoms. The number of amides is 3. The smallest absolute Gasteiger partial charge is 0.326 e. The Labute approximate surface area is 148 Å². The van der Waals surface area contributed by atoms with Crippen molar-refractivity contribution >= 4 is 40.4 Å². The van der Waals surface area contributed by atoms with Gasteiger partial charge in [-0.3, -0.25) is 4.79 Å². The quantitative estimate of drug-likeness (QED) is 0.525. The minimum atomic E-state index is -1.13. The number of rotatable bonds is 8. The maximum Gasteiger partial charge on any atom is 0.326 e. The van der Waals surface area contributed by atoms with Crippen molar-refractivity contribution in [2.45, 2.75) is 25.4 Å². The zero-order chi connectivity index (χ0) is 18.4. The average Bonchev–Trinajstić information content (AvgIpc) is 2.92. The molecule has 0 aliphatic heterocycles. The van der Waals surface area contributed by atoms with E-state index in [1.807, 2.05) is 12.1 Å². The summed E-state index contributed by atoms with van der Waals surface area (Å²) < 4.78 is 1.70. The van der Waals surface area contributed by atoms with E-state index >= 15 is 0 Å². The Kier molecular flexibility index (Phi) is 6.24. The zero-order valence-corrected chi connectivity index (χ0v) is 14.1. The number of hydrogen-bond acceptors (Lipinski definition) is 3. The first-order chi connectivity index (χ1) is 11.9. The topological polar surface area (TPSA) is 126 Å². The fraction of sp³-hybridized carbons (Fsp3) is 0.312. The molecule has 0 bridgehead atoms. The number of nitrogens with two attached hydrogens (primary N) is 1. The molecular formula is C16H19ClN4O4. The molecule has 0 unspecified atom stereocenters. The van der Waals surface area contributed by atoms with Crippen molar-refractivity contribution in [3.63, 3.8) is 0 Å². The number of nitrogens with zero attached hydrogens (tertiary/aromatic N) is 1. The van der Waals surface area contributed by atoms with Crippen LogP contribution in [0, 0.1) is 0 Å². The van der Waals surface area contributed by atoms with Crippen LogP contribution in [-0.2, 0) is 16.1 Å². The summed E-state index contributed by atoms with van der Waals surface area (Å²) in [6, 6.07) is 5.49. The van der Waals surface area contributed by atoms with E-state index in [1.54, 1.807) is 22.9 Å².